The topological polar surface area (TPSA) is 79.8 Å². The van der Waals surface area contributed by atoms with Crippen molar-refractivity contribution in [2.75, 3.05) is 19.6 Å². The molecule has 1 aromatic carbocycles. The molecule has 1 aromatic heterocycles. The van der Waals surface area contributed by atoms with Gasteiger partial charge in [-0.2, -0.15) is 4.31 Å². The van der Waals surface area contributed by atoms with E-state index in [9.17, 15) is 13.2 Å². The van der Waals surface area contributed by atoms with Crippen molar-refractivity contribution in [2.24, 2.45) is 5.92 Å². The number of benzene rings is 1. The molecule has 1 atom stereocenters. The van der Waals surface area contributed by atoms with Crippen molar-refractivity contribution < 1.29 is 17.9 Å². The molecule has 9 heteroatoms. The Morgan fingerprint density at radius 3 is 2.83 bits per heavy atom. The number of aromatic nitrogens is 1. The predicted octanol–water partition coefficient (Wildman–Crippen LogP) is 2.42. The number of sulfonamides is 1. The van der Waals surface area contributed by atoms with Crippen molar-refractivity contribution in [3.8, 4) is 5.75 Å². The van der Waals surface area contributed by atoms with Crippen LogP contribution in [0, 0.1) is 12.8 Å². The minimum Gasteiger partial charge on any atom is -0.483 e. The van der Waals surface area contributed by atoms with Gasteiger partial charge in [0.05, 0.1) is 30.3 Å². The first-order valence-electron chi connectivity index (χ1n) is 9.84. The number of carbonyl (C=O) groups excluding carboxylic acids is 1. The van der Waals surface area contributed by atoms with Gasteiger partial charge in [-0.05, 0) is 31.9 Å². The standard InChI is InChI=1S/C20H23N3O4S2/c1-14-21-16(11-28-14)10-23-13-20(8-9-22(12-20)19(24)15-6-7-15)27-17-4-2-3-5-18(17)29(23,25)26/h2-5,11,15H,6-10,12-13H2,1H3/t20-/m1/s1. The van der Waals surface area contributed by atoms with Crippen molar-refractivity contribution >= 4 is 27.3 Å². The SMILES string of the molecule is Cc1nc(CN2C[C@]3(CCN(C(=O)C4CC4)C3)Oc3ccccc3S2(=O)=O)cs1. The Kier molecular flexibility index (Phi) is 4.45. The van der Waals surface area contributed by atoms with E-state index in [-0.39, 0.29) is 29.8 Å². The number of hydrogen-bond acceptors (Lipinski definition) is 6. The summed E-state index contributed by atoms with van der Waals surface area (Å²) in [6, 6.07) is 6.78. The highest BCUT2D eigenvalue weighted by Gasteiger charge is 2.50. The molecule has 1 amide bonds. The summed E-state index contributed by atoms with van der Waals surface area (Å²) in [4.78, 5) is 19.1. The van der Waals surface area contributed by atoms with Crippen LogP contribution in [0.1, 0.15) is 30.0 Å². The Bertz CT molecular complexity index is 1060. The van der Waals surface area contributed by atoms with Crippen molar-refractivity contribution in [3.05, 3.63) is 40.3 Å². The molecule has 5 rings (SSSR count). The number of rotatable bonds is 3. The van der Waals surface area contributed by atoms with Gasteiger partial charge in [-0.3, -0.25) is 4.79 Å². The van der Waals surface area contributed by atoms with E-state index in [2.05, 4.69) is 4.98 Å². The van der Waals surface area contributed by atoms with Gasteiger partial charge in [-0.1, -0.05) is 12.1 Å². The van der Waals surface area contributed by atoms with Gasteiger partial charge in [0, 0.05) is 24.3 Å². The summed E-state index contributed by atoms with van der Waals surface area (Å²) in [7, 11) is -3.74. The Morgan fingerprint density at radius 1 is 1.31 bits per heavy atom. The fraction of sp³-hybridized carbons (Fsp3) is 0.500. The van der Waals surface area contributed by atoms with Gasteiger partial charge in [0.15, 0.2) is 0 Å². The first kappa shape index (κ1) is 19.0. The van der Waals surface area contributed by atoms with Gasteiger partial charge >= 0.3 is 0 Å². The van der Waals surface area contributed by atoms with Crippen LogP contribution in [-0.4, -0.2) is 53.7 Å². The van der Waals surface area contributed by atoms with Crippen molar-refractivity contribution in [3.63, 3.8) is 0 Å². The van der Waals surface area contributed by atoms with E-state index in [1.165, 1.54) is 15.6 Å². The van der Waals surface area contributed by atoms with E-state index in [0.717, 1.165) is 23.5 Å². The zero-order valence-electron chi connectivity index (χ0n) is 16.2. The number of thiazole rings is 1. The van der Waals surface area contributed by atoms with Crippen LogP contribution in [0.3, 0.4) is 0 Å². The lowest BCUT2D eigenvalue weighted by atomic mass is 10.0. The first-order valence-corrected chi connectivity index (χ1v) is 12.2. The van der Waals surface area contributed by atoms with Crippen LogP contribution >= 0.6 is 11.3 Å². The molecule has 154 valence electrons. The first-order chi connectivity index (χ1) is 13.9. The minimum atomic E-state index is -3.74. The lowest BCUT2D eigenvalue weighted by molar-refractivity contribution is -0.132. The van der Waals surface area contributed by atoms with E-state index >= 15 is 0 Å². The quantitative estimate of drug-likeness (QED) is 0.743. The monoisotopic (exact) mass is 433 g/mol. The third-order valence-electron chi connectivity index (χ3n) is 5.82. The van der Waals surface area contributed by atoms with E-state index in [4.69, 9.17) is 4.74 Å². The summed E-state index contributed by atoms with van der Waals surface area (Å²) in [5.41, 5.74) is -0.00975. The summed E-state index contributed by atoms with van der Waals surface area (Å²) in [6.45, 7) is 3.32. The average molecular weight is 434 g/mol. The molecule has 0 unspecified atom stereocenters. The maximum Gasteiger partial charge on any atom is 0.247 e. The van der Waals surface area contributed by atoms with Crippen molar-refractivity contribution in [2.45, 2.75) is 43.2 Å². The lowest BCUT2D eigenvalue weighted by Crippen LogP contribution is -2.49. The fourth-order valence-corrected chi connectivity index (χ4v) is 6.40. The number of amides is 1. The second kappa shape index (κ2) is 6.78. The summed E-state index contributed by atoms with van der Waals surface area (Å²) in [6.07, 6.45) is 2.52. The zero-order chi connectivity index (χ0) is 20.2. The fourth-order valence-electron chi connectivity index (χ4n) is 4.19. The Morgan fingerprint density at radius 2 is 2.10 bits per heavy atom. The summed E-state index contributed by atoms with van der Waals surface area (Å²) >= 11 is 1.51. The summed E-state index contributed by atoms with van der Waals surface area (Å²) in [5, 5.41) is 2.80. The minimum absolute atomic E-state index is 0.140. The predicted molar refractivity (Wildman–Crippen MR) is 108 cm³/mol. The van der Waals surface area contributed by atoms with E-state index in [0.29, 0.717) is 25.3 Å². The molecule has 3 aliphatic rings. The zero-order valence-corrected chi connectivity index (χ0v) is 17.8. The van der Waals surface area contributed by atoms with Crippen LogP contribution in [0.4, 0.5) is 0 Å². The molecule has 0 bridgehead atoms. The lowest BCUT2D eigenvalue weighted by Gasteiger charge is -2.31. The van der Waals surface area contributed by atoms with Gasteiger partial charge in [0.2, 0.25) is 15.9 Å². The molecule has 2 aromatic rings. The number of hydrogen-bond donors (Lipinski definition) is 0. The van der Waals surface area contributed by atoms with Crippen molar-refractivity contribution in [1.82, 2.24) is 14.2 Å². The third kappa shape index (κ3) is 3.45. The number of nitrogens with zero attached hydrogens (tertiary/aromatic N) is 3. The molecular formula is C20H23N3O4S2. The highest BCUT2D eigenvalue weighted by molar-refractivity contribution is 7.89. The summed E-state index contributed by atoms with van der Waals surface area (Å²) < 4.78 is 34.7. The molecule has 3 heterocycles. The van der Waals surface area contributed by atoms with E-state index in [1.807, 2.05) is 17.2 Å². The maximum atomic E-state index is 13.5. The van der Waals surface area contributed by atoms with Crippen molar-refractivity contribution in [1.29, 1.82) is 0 Å². The highest BCUT2D eigenvalue weighted by Crippen LogP contribution is 2.40. The van der Waals surface area contributed by atoms with Crippen LogP contribution < -0.4 is 4.74 Å². The van der Waals surface area contributed by atoms with E-state index in [1.54, 1.807) is 24.3 Å². The molecule has 1 saturated heterocycles. The molecule has 29 heavy (non-hydrogen) atoms. The molecule has 7 nitrogen and oxygen atoms in total. The molecule has 2 aliphatic heterocycles. The maximum absolute atomic E-state index is 13.5. The van der Waals surface area contributed by atoms with Gasteiger partial charge in [0.25, 0.3) is 0 Å². The average Bonchev–Trinajstić information content (AvgIpc) is 3.36. The van der Waals surface area contributed by atoms with E-state index < -0.39 is 15.6 Å². The second-order valence-corrected chi connectivity index (χ2v) is 11.1. The largest absolute Gasteiger partial charge is 0.483 e. The molecular weight excluding hydrogens is 410 g/mol. The second-order valence-electron chi connectivity index (χ2n) is 8.15. The highest BCUT2D eigenvalue weighted by atomic mass is 32.2. The van der Waals surface area contributed by atoms with Crippen LogP contribution in [0.2, 0.25) is 0 Å². The van der Waals surface area contributed by atoms with Crippen LogP contribution in [0.25, 0.3) is 0 Å². The number of carbonyl (C=O) groups is 1. The normalized spacial score (nSPS) is 26.2. The number of ether oxygens (including phenoxy) is 1. The number of para-hydroxylation sites is 1. The summed E-state index contributed by atoms with van der Waals surface area (Å²) in [5.74, 6) is 0.679. The molecule has 1 spiro atoms. The number of aryl methyl sites for hydroxylation is 1. The van der Waals surface area contributed by atoms with Crippen LogP contribution in [0.5, 0.6) is 5.75 Å². The molecule has 1 saturated carbocycles. The number of fused-ring (bicyclic) bond motifs is 1. The molecule has 0 N–H and O–H groups in total. The van der Waals surface area contributed by atoms with Crippen LogP contribution in [-0.2, 0) is 21.4 Å². The molecule has 2 fully saturated rings. The molecule has 0 radical (unpaired) electrons. The van der Waals surface area contributed by atoms with Gasteiger partial charge < -0.3 is 9.64 Å². The smallest absolute Gasteiger partial charge is 0.247 e. The Balaban J connectivity index is 1.51. The van der Waals surface area contributed by atoms with Gasteiger partial charge in [-0.15, -0.1) is 11.3 Å². The Labute approximate surface area is 174 Å². The van der Waals surface area contributed by atoms with Gasteiger partial charge in [-0.25, -0.2) is 13.4 Å². The Hall–Kier alpha value is -1.97. The van der Waals surface area contributed by atoms with Gasteiger partial charge in [0.1, 0.15) is 16.2 Å². The van der Waals surface area contributed by atoms with Crippen LogP contribution in [0.15, 0.2) is 34.5 Å². The number of likely N-dealkylation sites (tertiary alicyclic amines) is 1. The molecule has 1 aliphatic carbocycles. The third-order valence-corrected chi connectivity index (χ3v) is 8.47.